The van der Waals surface area contributed by atoms with Crippen molar-refractivity contribution in [1.29, 1.82) is 0 Å². The molecular formula is C20H19ClN2O5S2. The highest BCUT2D eigenvalue weighted by Gasteiger charge is 2.31. The van der Waals surface area contributed by atoms with Gasteiger partial charge in [-0.1, -0.05) is 23.7 Å². The van der Waals surface area contributed by atoms with Gasteiger partial charge in [-0.2, -0.15) is 0 Å². The number of benzene rings is 2. The number of nitrogens with zero attached hydrogens (tertiary/aromatic N) is 1. The van der Waals surface area contributed by atoms with Crippen molar-refractivity contribution in [3.05, 3.63) is 83.6 Å². The van der Waals surface area contributed by atoms with Crippen LogP contribution in [0.1, 0.15) is 10.8 Å². The third-order valence-corrected chi connectivity index (χ3v) is 8.16. The van der Waals surface area contributed by atoms with Crippen LogP contribution in [-0.2, 0) is 19.9 Å². The van der Waals surface area contributed by atoms with Gasteiger partial charge in [-0.15, -0.1) is 0 Å². The molecule has 3 rings (SSSR count). The Morgan fingerprint density at radius 2 is 1.73 bits per heavy atom. The van der Waals surface area contributed by atoms with Crippen LogP contribution >= 0.6 is 11.6 Å². The van der Waals surface area contributed by atoms with Crippen molar-refractivity contribution in [2.45, 2.75) is 15.0 Å². The first-order chi connectivity index (χ1) is 14.2. The molecule has 158 valence electrons. The maximum Gasteiger partial charge on any atom is 0.240 e. The van der Waals surface area contributed by atoms with Crippen molar-refractivity contribution < 1.29 is 21.6 Å². The molecule has 10 heteroatoms. The second-order valence-electron chi connectivity index (χ2n) is 6.30. The number of sulfone groups is 1. The number of ether oxygens (including phenoxy) is 1. The minimum absolute atomic E-state index is 0.0408. The lowest BCUT2D eigenvalue weighted by Gasteiger charge is -2.19. The van der Waals surface area contributed by atoms with E-state index in [2.05, 4.69) is 9.71 Å². The van der Waals surface area contributed by atoms with E-state index >= 15 is 0 Å². The second kappa shape index (κ2) is 9.13. The minimum Gasteiger partial charge on any atom is -0.497 e. The number of nitrogens with one attached hydrogen (secondary N) is 1. The van der Waals surface area contributed by atoms with Gasteiger partial charge < -0.3 is 4.74 Å². The molecule has 0 saturated carbocycles. The van der Waals surface area contributed by atoms with Crippen molar-refractivity contribution in [2.75, 3.05) is 13.7 Å². The maximum atomic E-state index is 13.3. The van der Waals surface area contributed by atoms with E-state index in [1.165, 1.54) is 62.0 Å². The molecule has 2 aromatic carbocycles. The first-order valence-corrected chi connectivity index (χ1v) is 12.2. The molecule has 0 aliphatic rings. The Balaban J connectivity index is 1.95. The van der Waals surface area contributed by atoms with Gasteiger partial charge in [-0.05, 0) is 54.1 Å². The smallest absolute Gasteiger partial charge is 0.240 e. The number of hydrogen-bond acceptors (Lipinski definition) is 6. The molecule has 0 fully saturated rings. The molecule has 0 amide bonds. The van der Waals surface area contributed by atoms with Crippen LogP contribution in [0.25, 0.3) is 0 Å². The lowest BCUT2D eigenvalue weighted by Crippen LogP contribution is -2.32. The number of hydrogen-bond donors (Lipinski definition) is 1. The van der Waals surface area contributed by atoms with Gasteiger partial charge >= 0.3 is 0 Å². The third-order valence-electron chi connectivity index (χ3n) is 4.38. The van der Waals surface area contributed by atoms with Gasteiger partial charge in [-0.3, -0.25) is 4.98 Å². The highest BCUT2D eigenvalue weighted by molar-refractivity contribution is 7.92. The molecule has 1 N–H and O–H groups in total. The third kappa shape index (κ3) is 4.99. The van der Waals surface area contributed by atoms with Crippen molar-refractivity contribution in [3.8, 4) is 5.75 Å². The van der Waals surface area contributed by atoms with Gasteiger partial charge in [0.1, 0.15) is 11.0 Å². The zero-order valence-electron chi connectivity index (χ0n) is 15.9. The minimum atomic E-state index is -3.98. The summed E-state index contributed by atoms with van der Waals surface area (Å²) in [6, 6.07) is 14.8. The zero-order valence-corrected chi connectivity index (χ0v) is 18.3. The maximum absolute atomic E-state index is 13.3. The molecule has 30 heavy (non-hydrogen) atoms. The molecule has 0 saturated heterocycles. The molecule has 3 aromatic rings. The van der Waals surface area contributed by atoms with E-state index in [4.69, 9.17) is 16.3 Å². The van der Waals surface area contributed by atoms with E-state index in [0.717, 1.165) is 0 Å². The van der Waals surface area contributed by atoms with E-state index in [9.17, 15) is 16.8 Å². The highest BCUT2D eigenvalue weighted by atomic mass is 35.5. The molecule has 7 nitrogen and oxygen atoms in total. The predicted molar refractivity (Wildman–Crippen MR) is 114 cm³/mol. The van der Waals surface area contributed by atoms with Gasteiger partial charge in [0, 0.05) is 24.0 Å². The molecule has 1 unspecified atom stereocenters. The van der Waals surface area contributed by atoms with Gasteiger partial charge in [0.05, 0.1) is 16.9 Å². The number of pyridine rings is 1. The second-order valence-corrected chi connectivity index (χ2v) is 10.6. The van der Waals surface area contributed by atoms with Crippen LogP contribution in [0.2, 0.25) is 5.02 Å². The number of rotatable bonds is 8. The largest absolute Gasteiger partial charge is 0.497 e. The van der Waals surface area contributed by atoms with Crippen molar-refractivity contribution in [1.82, 2.24) is 9.71 Å². The van der Waals surface area contributed by atoms with Gasteiger partial charge in [0.15, 0.2) is 9.84 Å². The first-order valence-electron chi connectivity index (χ1n) is 8.77. The van der Waals surface area contributed by atoms with E-state index in [1.54, 1.807) is 18.2 Å². The van der Waals surface area contributed by atoms with E-state index in [0.29, 0.717) is 11.3 Å². The number of halogens is 1. The van der Waals surface area contributed by atoms with Gasteiger partial charge in [-0.25, -0.2) is 21.6 Å². The molecule has 0 bridgehead atoms. The van der Waals surface area contributed by atoms with Crippen LogP contribution in [0, 0.1) is 0 Å². The van der Waals surface area contributed by atoms with Crippen LogP contribution in [0.15, 0.2) is 82.8 Å². The average molecular weight is 467 g/mol. The Hall–Kier alpha value is -2.46. The van der Waals surface area contributed by atoms with E-state index in [-0.39, 0.29) is 21.4 Å². The Morgan fingerprint density at radius 1 is 1.00 bits per heavy atom. The lowest BCUT2D eigenvalue weighted by molar-refractivity contribution is 0.414. The molecule has 0 radical (unpaired) electrons. The van der Waals surface area contributed by atoms with Crippen LogP contribution in [0.4, 0.5) is 0 Å². The lowest BCUT2D eigenvalue weighted by atomic mass is 10.2. The summed E-state index contributed by atoms with van der Waals surface area (Å²) in [5.41, 5.74) is 0.363. The summed E-state index contributed by atoms with van der Waals surface area (Å²) in [6.07, 6.45) is 2.91. The standard InChI is InChI=1S/C20H19ClN2O5S2/c1-28-17-7-9-18(10-8-17)29(24,25)20(15-4-3-11-22-13-15)14-23-30(26,27)19-6-2-5-16(21)12-19/h2-13,20,23H,14H2,1H3. The summed E-state index contributed by atoms with van der Waals surface area (Å²) < 4.78 is 59.4. The van der Waals surface area contributed by atoms with Crippen molar-refractivity contribution in [3.63, 3.8) is 0 Å². The van der Waals surface area contributed by atoms with E-state index in [1.807, 2.05) is 0 Å². The van der Waals surface area contributed by atoms with Crippen LogP contribution in [0.5, 0.6) is 5.75 Å². The SMILES string of the molecule is COc1ccc(S(=O)(=O)C(CNS(=O)(=O)c2cccc(Cl)c2)c2cccnc2)cc1. The van der Waals surface area contributed by atoms with Gasteiger partial charge in [0.25, 0.3) is 0 Å². The number of methoxy groups -OCH3 is 1. The monoisotopic (exact) mass is 466 g/mol. The summed E-state index contributed by atoms with van der Waals surface area (Å²) >= 11 is 5.88. The Morgan fingerprint density at radius 3 is 2.33 bits per heavy atom. The first kappa shape index (κ1) is 22.2. The molecule has 0 aliphatic heterocycles. The molecule has 1 aromatic heterocycles. The highest BCUT2D eigenvalue weighted by Crippen LogP contribution is 2.29. The summed E-state index contributed by atoms with van der Waals surface area (Å²) in [5.74, 6) is 0.508. The van der Waals surface area contributed by atoms with Crippen LogP contribution in [-0.4, -0.2) is 35.5 Å². The van der Waals surface area contributed by atoms with Crippen LogP contribution < -0.4 is 9.46 Å². The molecular weight excluding hydrogens is 448 g/mol. The molecule has 1 heterocycles. The fourth-order valence-electron chi connectivity index (χ4n) is 2.81. The zero-order chi connectivity index (χ0) is 21.8. The summed E-state index contributed by atoms with van der Waals surface area (Å²) in [7, 11) is -6.44. The number of aromatic nitrogens is 1. The fraction of sp³-hybridized carbons (Fsp3) is 0.150. The predicted octanol–water partition coefficient (Wildman–Crippen LogP) is 3.24. The Bertz CT molecular complexity index is 1220. The summed E-state index contributed by atoms with van der Waals surface area (Å²) in [6.45, 7) is -0.380. The van der Waals surface area contributed by atoms with Crippen LogP contribution in [0.3, 0.4) is 0 Å². The summed E-state index contributed by atoms with van der Waals surface area (Å²) in [5, 5.41) is -0.930. The normalized spacial score (nSPS) is 13.0. The van der Waals surface area contributed by atoms with Gasteiger partial charge in [0.2, 0.25) is 10.0 Å². The van der Waals surface area contributed by atoms with Crippen molar-refractivity contribution >= 4 is 31.5 Å². The molecule has 1 atom stereocenters. The van der Waals surface area contributed by atoms with Crippen molar-refractivity contribution in [2.24, 2.45) is 0 Å². The topological polar surface area (TPSA) is 102 Å². The Kier molecular flexibility index (Phi) is 6.77. The molecule has 0 aliphatic carbocycles. The average Bonchev–Trinajstić information content (AvgIpc) is 2.74. The fourth-order valence-corrected chi connectivity index (χ4v) is 5.90. The van der Waals surface area contributed by atoms with E-state index < -0.39 is 25.1 Å². The Labute approximate surface area is 180 Å². The number of sulfonamides is 1. The molecule has 0 spiro atoms. The quantitative estimate of drug-likeness (QED) is 0.546. The summed E-state index contributed by atoms with van der Waals surface area (Å²) in [4.78, 5) is 3.96.